The van der Waals surface area contributed by atoms with E-state index in [1.807, 2.05) is 18.0 Å². The quantitative estimate of drug-likeness (QED) is 0.842. The Kier molecular flexibility index (Phi) is 6.24. The lowest BCUT2D eigenvalue weighted by molar-refractivity contribution is 0.105. The van der Waals surface area contributed by atoms with E-state index in [2.05, 4.69) is 21.8 Å². The van der Waals surface area contributed by atoms with Gasteiger partial charge in [-0.1, -0.05) is 0 Å². The summed E-state index contributed by atoms with van der Waals surface area (Å²) in [6, 6.07) is 0.591. The summed E-state index contributed by atoms with van der Waals surface area (Å²) in [6.45, 7) is 8.29. The first-order valence-electron chi connectivity index (χ1n) is 9.61. The van der Waals surface area contributed by atoms with E-state index in [1.54, 1.807) is 6.33 Å². The number of rotatable bonds is 3. The molecule has 3 heterocycles. The topological polar surface area (TPSA) is 58.6 Å². The summed E-state index contributed by atoms with van der Waals surface area (Å²) >= 11 is 0. The molecule has 2 aliphatic rings. The van der Waals surface area contributed by atoms with Crippen molar-refractivity contribution >= 4 is 6.09 Å². The summed E-state index contributed by atoms with van der Waals surface area (Å²) in [5, 5.41) is 0. The molecule has 25 heavy (non-hydrogen) atoms. The third kappa shape index (κ3) is 4.48. The molecular formula is C19H30N4O2. The van der Waals surface area contributed by atoms with Crippen molar-refractivity contribution in [3.8, 4) is 0 Å². The van der Waals surface area contributed by atoms with Crippen LogP contribution in [-0.4, -0.2) is 64.7 Å². The Labute approximate surface area is 150 Å². The zero-order valence-electron chi connectivity index (χ0n) is 15.5. The normalized spacial score (nSPS) is 23.3. The van der Waals surface area contributed by atoms with Crippen molar-refractivity contribution in [2.45, 2.75) is 57.9 Å². The van der Waals surface area contributed by atoms with Gasteiger partial charge >= 0.3 is 6.09 Å². The van der Waals surface area contributed by atoms with Crippen LogP contribution in [0.5, 0.6) is 0 Å². The molecule has 1 aromatic heterocycles. The number of carbonyl (C=O) groups is 1. The first-order valence-corrected chi connectivity index (χ1v) is 9.61. The molecule has 2 saturated heterocycles. The highest BCUT2D eigenvalue weighted by atomic mass is 16.6. The summed E-state index contributed by atoms with van der Waals surface area (Å²) in [5.41, 5.74) is 2.43. The number of likely N-dealkylation sites (tertiary alicyclic amines) is 2. The van der Waals surface area contributed by atoms with Crippen LogP contribution in [0.1, 0.15) is 56.2 Å². The SMILES string of the molecule is CCOC(=O)N1CCCC(N2CCC(c3cncnc3C)CC2)CC1. The Morgan fingerprint density at radius 3 is 2.72 bits per heavy atom. The molecule has 0 aromatic carbocycles. The molecule has 138 valence electrons. The molecule has 1 atom stereocenters. The maximum absolute atomic E-state index is 11.9. The molecule has 1 aromatic rings. The fraction of sp³-hybridized carbons (Fsp3) is 0.737. The van der Waals surface area contributed by atoms with Crippen LogP contribution in [0, 0.1) is 6.92 Å². The third-order valence-electron chi connectivity index (χ3n) is 5.66. The maximum atomic E-state index is 11.9. The standard InChI is InChI=1S/C19H30N4O2/c1-3-25-19(24)23-9-4-5-17(8-12-23)22-10-6-16(7-11-22)18-13-20-14-21-15(18)2/h13-14,16-17H,3-12H2,1-2H3. The smallest absolute Gasteiger partial charge is 0.409 e. The van der Waals surface area contributed by atoms with Crippen LogP contribution in [0.4, 0.5) is 4.79 Å². The van der Waals surface area contributed by atoms with E-state index in [1.165, 1.54) is 24.8 Å². The molecule has 2 fully saturated rings. The molecule has 0 aliphatic carbocycles. The van der Waals surface area contributed by atoms with Gasteiger partial charge in [-0.05, 0) is 70.5 Å². The number of carbonyl (C=O) groups excluding carboxylic acids is 1. The Bertz CT molecular complexity index is 572. The summed E-state index contributed by atoms with van der Waals surface area (Å²) in [7, 11) is 0. The number of nitrogens with zero attached hydrogens (tertiary/aromatic N) is 4. The number of amides is 1. The highest BCUT2D eigenvalue weighted by Gasteiger charge is 2.29. The lowest BCUT2D eigenvalue weighted by atomic mass is 9.88. The summed E-state index contributed by atoms with van der Waals surface area (Å²) < 4.78 is 5.15. The summed E-state index contributed by atoms with van der Waals surface area (Å²) in [6.07, 6.45) is 9.11. The van der Waals surface area contributed by atoms with Crippen molar-refractivity contribution in [3.63, 3.8) is 0 Å². The van der Waals surface area contributed by atoms with Crippen LogP contribution in [0.3, 0.4) is 0 Å². The zero-order chi connectivity index (χ0) is 17.6. The lowest BCUT2D eigenvalue weighted by Gasteiger charge is -2.37. The van der Waals surface area contributed by atoms with E-state index in [0.717, 1.165) is 44.7 Å². The summed E-state index contributed by atoms with van der Waals surface area (Å²) in [4.78, 5) is 25.0. The van der Waals surface area contributed by atoms with E-state index in [-0.39, 0.29) is 6.09 Å². The van der Waals surface area contributed by atoms with E-state index < -0.39 is 0 Å². The van der Waals surface area contributed by atoms with Crippen molar-refractivity contribution in [3.05, 3.63) is 23.8 Å². The van der Waals surface area contributed by atoms with E-state index >= 15 is 0 Å². The molecule has 0 radical (unpaired) electrons. The fourth-order valence-electron chi connectivity index (χ4n) is 4.22. The maximum Gasteiger partial charge on any atom is 0.409 e. The molecule has 6 heteroatoms. The molecule has 1 amide bonds. The van der Waals surface area contributed by atoms with Crippen LogP contribution in [0.15, 0.2) is 12.5 Å². The predicted molar refractivity (Wildman–Crippen MR) is 96.6 cm³/mol. The molecule has 0 bridgehead atoms. The molecule has 3 rings (SSSR count). The summed E-state index contributed by atoms with van der Waals surface area (Å²) in [5.74, 6) is 0.583. The van der Waals surface area contributed by atoms with Crippen molar-refractivity contribution in [2.75, 3.05) is 32.8 Å². The number of hydrogen-bond acceptors (Lipinski definition) is 5. The largest absolute Gasteiger partial charge is 0.450 e. The Balaban J connectivity index is 1.51. The molecule has 6 nitrogen and oxygen atoms in total. The zero-order valence-corrected chi connectivity index (χ0v) is 15.5. The molecule has 2 aliphatic heterocycles. The minimum absolute atomic E-state index is 0.151. The number of piperidine rings is 1. The highest BCUT2D eigenvalue weighted by Crippen LogP contribution is 2.31. The number of hydrogen-bond donors (Lipinski definition) is 0. The van der Waals surface area contributed by atoms with E-state index in [9.17, 15) is 4.79 Å². The third-order valence-corrected chi connectivity index (χ3v) is 5.66. The highest BCUT2D eigenvalue weighted by molar-refractivity contribution is 5.67. The molecule has 1 unspecified atom stereocenters. The van der Waals surface area contributed by atoms with Crippen molar-refractivity contribution in [2.24, 2.45) is 0 Å². The Morgan fingerprint density at radius 2 is 2.00 bits per heavy atom. The Hall–Kier alpha value is -1.69. The van der Waals surface area contributed by atoms with Gasteiger partial charge in [-0.2, -0.15) is 0 Å². The van der Waals surface area contributed by atoms with Crippen LogP contribution in [0.25, 0.3) is 0 Å². The molecule has 0 saturated carbocycles. The first-order chi connectivity index (χ1) is 12.2. The van der Waals surface area contributed by atoms with Gasteiger partial charge in [0.1, 0.15) is 6.33 Å². The number of aromatic nitrogens is 2. The minimum atomic E-state index is -0.151. The van der Waals surface area contributed by atoms with E-state index in [4.69, 9.17) is 4.74 Å². The van der Waals surface area contributed by atoms with Crippen molar-refractivity contribution in [1.82, 2.24) is 19.8 Å². The van der Waals surface area contributed by atoms with Crippen LogP contribution in [0.2, 0.25) is 0 Å². The van der Waals surface area contributed by atoms with E-state index in [0.29, 0.717) is 18.6 Å². The second-order valence-corrected chi connectivity index (χ2v) is 7.14. The second-order valence-electron chi connectivity index (χ2n) is 7.14. The molecule has 0 N–H and O–H groups in total. The number of ether oxygens (including phenoxy) is 1. The van der Waals surface area contributed by atoms with Crippen LogP contribution >= 0.6 is 0 Å². The van der Waals surface area contributed by atoms with Gasteiger partial charge in [0.2, 0.25) is 0 Å². The molecule has 0 spiro atoms. The second kappa shape index (κ2) is 8.61. The van der Waals surface area contributed by atoms with Gasteiger partial charge < -0.3 is 14.5 Å². The number of aryl methyl sites for hydroxylation is 1. The predicted octanol–water partition coefficient (Wildman–Crippen LogP) is 2.98. The van der Waals surface area contributed by atoms with Gasteiger partial charge in [-0.25, -0.2) is 14.8 Å². The van der Waals surface area contributed by atoms with Gasteiger partial charge in [-0.3, -0.25) is 0 Å². The van der Waals surface area contributed by atoms with Gasteiger partial charge in [0.25, 0.3) is 0 Å². The van der Waals surface area contributed by atoms with Crippen molar-refractivity contribution < 1.29 is 9.53 Å². The van der Waals surface area contributed by atoms with Crippen LogP contribution in [-0.2, 0) is 4.74 Å². The van der Waals surface area contributed by atoms with Gasteiger partial charge in [-0.15, -0.1) is 0 Å². The molecular weight excluding hydrogens is 316 g/mol. The first kappa shape index (κ1) is 18.1. The van der Waals surface area contributed by atoms with Crippen LogP contribution < -0.4 is 0 Å². The minimum Gasteiger partial charge on any atom is -0.450 e. The van der Waals surface area contributed by atoms with Crippen molar-refractivity contribution in [1.29, 1.82) is 0 Å². The van der Waals surface area contributed by atoms with Gasteiger partial charge in [0.15, 0.2) is 0 Å². The lowest BCUT2D eigenvalue weighted by Crippen LogP contribution is -2.42. The fourth-order valence-corrected chi connectivity index (χ4v) is 4.22. The van der Waals surface area contributed by atoms with Gasteiger partial charge in [0.05, 0.1) is 6.61 Å². The van der Waals surface area contributed by atoms with Gasteiger partial charge in [0, 0.05) is 31.0 Å². The average molecular weight is 346 g/mol. The Morgan fingerprint density at radius 1 is 1.20 bits per heavy atom. The monoisotopic (exact) mass is 346 g/mol. The average Bonchev–Trinajstić information content (AvgIpc) is 2.89.